The van der Waals surface area contributed by atoms with Crippen molar-refractivity contribution in [1.29, 1.82) is 0 Å². The van der Waals surface area contributed by atoms with Crippen molar-refractivity contribution >= 4 is 80.2 Å². The van der Waals surface area contributed by atoms with E-state index in [1.807, 2.05) is 18.2 Å². The zero-order chi connectivity index (χ0) is 38.4. The van der Waals surface area contributed by atoms with E-state index >= 15 is 0 Å². The summed E-state index contributed by atoms with van der Waals surface area (Å²) in [6.07, 6.45) is 5.87. The maximum atomic E-state index is 13.6. The normalized spacial score (nSPS) is 22.1. The van der Waals surface area contributed by atoms with Crippen LogP contribution in [0.3, 0.4) is 0 Å². The molecule has 3 heterocycles. The Morgan fingerprint density at radius 3 is 2.72 bits per heavy atom. The number of nitrogens with zero attached hydrogens (tertiary/aromatic N) is 2. The van der Waals surface area contributed by atoms with Crippen LogP contribution < -0.4 is 20.1 Å². The highest BCUT2D eigenvalue weighted by atomic mass is 35.5. The maximum absolute atomic E-state index is 13.6. The summed E-state index contributed by atoms with van der Waals surface area (Å²) in [5.41, 5.74) is 2.54. The molecule has 1 unspecified atom stereocenters. The second kappa shape index (κ2) is 18.4. The number of sulfonamides is 1. The number of aromatic nitrogens is 1. The molecule has 13 nitrogen and oxygen atoms in total. The van der Waals surface area contributed by atoms with Gasteiger partial charge in [0, 0.05) is 27.8 Å². The van der Waals surface area contributed by atoms with E-state index in [2.05, 4.69) is 37.2 Å². The number of benzene rings is 2. The van der Waals surface area contributed by atoms with Gasteiger partial charge in [-0.2, -0.15) is 11.8 Å². The second-order valence-electron chi connectivity index (χ2n) is 13.7. The van der Waals surface area contributed by atoms with Crippen LogP contribution in [0.25, 0.3) is 0 Å². The summed E-state index contributed by atoms with van der Waals surface area (Å²) < 4.78 is 37.7. The number of carboxylic acid groups (broad SMARTS) is 1. The number of thiazole rings is 1. The number of aryl methyl sites for hydroxylation is 1. The second-order valence-corrected chi connectivity index (χ2v) is 18.7. The lowest BCUT2D eigenvalue weighted by Gasteiger charge is -2.35. The molecule has 0 bridgehead atoms. The Hall–Kier alpha value is -2.90. The van der Waals surface area contributed by atoms with Gasteiger partial charge in [-0.25, -0.2) is 27.6 Å². The first-order valence-electron chi connectivity index (χ1n) is 17.9. The first-order valence-corrected chi connectivity index (χ1v) is 22.6. The Morgan fingerprint density at radius 2 is 1.96 bits per heavy atom. The number of fused-ring (bicyclic) bond motifs is 2. The van der Waals surface area contributed by atoms with Crippen molar-refractivity contribution in [3.63, 3.8) is 0 Å². The van der Waals surface area contributed by atoms with Gasteiger partial charge in [0.15, 0.2) is 0 Å². The smallest absolute Gasteiger partial charge is 0.326 e. The summed E-state index contributed by atoms with van der Waals surface area (Å²) in [5.74, 6) is -0.966. The zero-order valence-corrected chi connectivity index (χ0v) is 34.0. The van der Waals surface area contributed by atoms with E-state index in [9.17, 15) is 27.9 Å². The first-order chi connectivity index (χ1) is 25.9. The third-order valence-electron chi connectivity index (χ3n) is 10.0. The number of aliphatic carboxylic acids is 1. The number of carbonyl (C=O) groups excluding carboxylic acids is 2. The van der Waals surface area contributed by atoms with Crippen LogP contribution in [0.15, 0.2) is 57.6 Å². The molecule has 18 heteroatoms. The van der Waals surface area contributed by atoms with Crippen molar-refractivity contribution < 1.29 is 32.6 Å². The Bertz CT molecular complexity index is 1920. The SMILES string of the molecule is COC(=O)[C@@H](CSCc1nc(CNS(=O)(=O)c2cc3c(cc2Cl)N[C@H](CCc2ccccc2)NS3)cs1)NC(C)C(=O)N1[C@@H]2CCCC[C@@H]2C[C@H]1C(=O)O. The fraction of sp³-hybridized carbons (Fsp3) is 0.500. The van der Waals surface area contributed by atoms with E-state index in [4.69, 9.17) is 16.3 Å². The summed E-state index contributed by atoms with van der Waals surface area (Å²) in [6, 6.07) is 10.8. The standard InChI is InChI=1S/C36H45ClN6O7S4/c1-21(34(44)43-28-11-7-6-10-23(28)14-29(43)35(45)46)39-27(36(47)50-2)19-51-20-33-40-24(18-52-33)17-38-54(48,49)31-16-30-26(15-25(31)37)41-32(42-53-30)13-12-22-8-4-3-5-9-22/h3-5,8-9,15-16,18,21,23,27-29,32,38-39,41-42H,6-7,10-14,17,19-20H2,1-2H3,(H,45,46)/t21?,23-,27-,28-,29+,32+/m1/s1. The monoisotopic (exact) mass is 836 g/mol. The summed E-state index contributed by atoms with van der Waals surface area (Å²) in [6.45, 7) is 1.61. The molecular weight excluding hydrogens is 792 g/mol. The molecule has 2 fully saturated rings. The van der Waals surface area contributed by atoms with Gasteiger partial charge in [0.1, 0.15) is 22.0 Å². The molecule has 1 aliphatic carbocycles. The number of carbonyl (C=O) groups is 3. The summed E-state index contributed by atoms with van der Waals surface area (Å²) >= 11 is 10.7. The first kappa shape index (κ1) is 40.8. The van der Waals surface area contributed by atoms with E-state index in [0.29, 0.717) is 17.9 Å². The van der Waals surface area contributed by atoms with Crippen LogP contribution in [0.4, 0.5) is 5.69 Å². The van der Waals surface area contributed by atoms with Crippen molar-refractivity contribution in [2.75, 3.05) is 18.2 Å². The molecular formula is C36H45ClN6O7S4. The molecule has 3 aliphatic rings. The van der Waals surface area contributed by atoms with Gasteiger partial charge >= 0.3 is 11.9 Å². The molecule has 1 aromatic heterocycles. The molecule has 6 atom stereocenters. The molecule has 2 aliphatic heterocycles. The number of esters is 1. The molecule has 1 amide bonds. The van der Waals surface area contributed by atoms with Crippen LogP contribution in [0.1, 0.15) is 61.7 Å². The molecule has 54 heavy (non-hydrogen) atoms. The molecule has 0 spiro atoms. The highest BCUT2D eigenvalue weighted by Gasteiger charge is 2.48. The molecule has 1 saturated carbocycles. The number of ether oxygens (including phenoxy) is 1. The van der Waals surface area contributed by atoms with Gasteiger partial charge in [-0.1, -0.05) is 54.8 Å². The number of thioether (sulfide) groups is 1. The minimum Gasteiger partial charge on any atom is -0.480 e. The average molecular weight is 838 g/mol. The van der Waals surface area contributed by atoms with Crippen LogP contribution in [-0.4, -0.2) is 84.4 Å². The van der Waals surface area contributed by atoms with Gasteiger partial charge < -0.3 is 20.1 Å². The van der Waals surface area contributed by atoms with Gasteiger partial charge in [0.2, 0.25) is 15.9 Å². The molecule has 0 radical (unpaired) electrons. The third kappa shape index (κ3) is 9.90. The fourth-order valence-corrected chi connectivity index (χ4v) is 11.7. The van der Waals surface area contributed by atoms with Crippen LogP contribution in [0.5, 0.6) is 0 Å². The van der Waals surface area contributed by atoms with Crippen LogP contribution >= 0.6 is 46.6 Å². The lowest BCUT2D eigenvalue weighted by molar-refractivity contribution is -0.151. The molecule has 5 N–H and O–H groups in total. The van der Waals surface area contributed by atoms with E-state index < -0.39 is 40.1 Å². The van der Waals surface area contributed by atoms with E-state index in [1.54, 1.807) is 24.4 Å². The lowest BCUT2D eigenvalue weighted by atomic mass is 9.84. The number of nitrogens with one attached hydrogen (secondary N) is 4. The molecule has 6 rings (SSSR count). The van der Waals surface area contributed by atoms with Gasteiger partial charge in [-0.3, -0.25) is 14.9 Å². The predicted molar refractivity (Wildman–Crippen MR) is 212 cm³/mol. The number of rotatable bonds is 16. The molecule has 3 aromatic rings. The highest BCUT2D eigenvalue weighted by molar-refractivity contribution is 7.98. The number of hydrogen-bond acceptors (Lipinski definition) is 13. The topological polar surface area (TPSA) is 179 Å². The van der Waals surface area contributed by atoms with Gasteiger partial charge in [0.05, 0.1) is 42.3 Å². The summed E-state index contributed by atoms with van der Waals surface area (Å²) in [7, 11) is -2.69. The zero-order valence-electron chi connectivity index (χ0n) is 30.0. The molecule has 2 aromatic carbocycles. The minimum atomic E-state index is -3.97. The van der Waals surface area contributed by atoms with Gasteiger partial charge in [0.25, 0.3) is 0 Å². The van der Waals surface area contributed by atoms with E-state index in [1.165, 1.54) is 52.6 Å². The van der Waals surface area contributed by atoms with Crippen LogP contribution in [0.2, 0.25) is 5.02 Å². The van der Waals surface area contributed by atoms with Gasteiger partial charge in [-0.05, 0) is 74.6 Å². The molecule has 1 saturated heterocycles. The summed E-state index contributed by atoms with van der Waals surface area (Å²) in [4.78, 5) is 45.2. The number of likely N-dealkylation sites (tertiary alicyclic amines) is 1. The largest absolute Gasteiger partial charge is 0.480 e. The van der Waals surface area contributed by atoms with Crippen molar-refractivity contribution in [1.82, 2.24) is 24.6 Å². The number of halogens is 1. The minimum absolute atomic E-state index is 0.00970. The Balaban J connectivity index is 0.993. The van der Waals surface area contributed by atoms with Crippen molar-refractivity contribution in [3.8, 4) is 0 Å². The Kier molecular flexibility index (Phi) is 13.9. The van der Waals surface area contributed by atoms with Crippen LogP contribution in [-0.2, 0) is 47.9 Å². The third-order valence-corrected chi connectivity index (χ3v) is 15.0. The van der Waals surface area contributed by atoms with Gasteiger partial charge in [-0.15, -0.1) is 11.3 Å². The highest BCUT2D eigenvalue weighted by Crippen LogP contribution is 2.40. The number of anilines is 1. The number of carboxylic acids is 1. The van der Waals surface area contributed by atoms with Crippen LogP contribution in [0, 0.1) is 5.92 Å². The average Bonchev–Trinajstić information content (AvgIpc) is 3.80. The quantitative estimate of drug-likeness (QED) is 0.0934. The predicted octanol–water partition coefficient (Wildman–Crippen LogP) is 5.25. The number of hydrogen-bond donors (Lipinski definition) is 5. The van der Waals surface area contributed by atoms with E-state index in [-0.39, 0.29) is 46.2 Å². The number of methoxy groups -OCH3 is 1. The van der Waals surface area contributed by atoms with E-state index in [0.717, 1.165) is 54.1 Å². The number of amides is 1. The van der Waals surface area contributed by atoms with Crippen molar-refractivity contribution in [2.45, 2.75) is 104 Å². The fourth-order valence-electron chi connectivity index (χ4n) is 7.30. The van der Waals surface area contributed by atoms with Crippen molar-refractivity contribution in [3.05, 3.63) is 69.1 Å². The van der Waals surface area contributed by atoms with Crippen molar-refractivity contribution in [2.24, 2.45) is 5.92 Å². The lowest BCUT2D eigenvalue weighted by Crippen LogP contribution is -2.56. The Labute approximate surface area is 333 Å². The maximum Gasteiger partial charge on any atom is 0.326 e. The molecule has 292 valence electrons. The Morgan fingerprint density at radius 1 is 1.19 bits per heavy atom. The summed E-state index contributed by atoms with van der Waals surface area (Å²) in [5, 5.41) is 19.0.